The molecule has 29 heteroatoms. The van der Waals surface area contributed by atoms with Crippen molar-refractivity contribution in [1.29, 1.82) is 0 Å². The first-order chi connectivity index (χ1) is 44.6. The van der Waals surface area contributed by atoms with E-state index >= 15 is 0 Å². The molecular formula is C66H76ClF11N8O7S2. The quantitative estimate of drug-likeness (QED) is 0.0160. The molecule has 15 nitrogen and oxygen atoms in total. The number of nitrogens with two attached hydrogens (primary N) is 1. The van der Waals surface area contributed by atoms with Gasteiger partial charge in [0.25, 0.3) is 17.0 Å². The number of esters is 1. The van der Waals surface area contributed by atoms with Crippen LogP contribution in [-0.4, -0.2) is 117 Å². The van der Waals surface area contributed by atoms with E-state index < -0.39 is 72.1 Å². The zero-order chi connectivity index (χ0) is 68.3. The SMILES string of the molecule is CSc1cc(C)[nH]c(=O)c1CN.CSc1cc(C)[nH]c(=O)c1CNC(=O)c1c(C)n([C@H](C)C2CCC(N3CC(OC(F)F)C3)CC2)c2cc(F)ccc12.Cc1c(C(=O)Oc2c(F)c(F)c(F)c(F)c2F)c2ccc(F)cc2n1[C@H](C)C1CCC(N2CC(OC(F)F)C2)CC1.Cl. The minimum Gasteiger partial charge on any atom is -0.416 e. The predicted molar refractivity (Wildman–Crippen MR) is 344 cm³/mol. The van der Waals surface area contributed by atoms with Gasteiger partial charge in [0.1, 0.15) is 11.6 Å². The standard InChI is InChI=1S/C30H37F3N4O3S.C28H26F8N2O3.C8H12N2OS.ClH/c1-16-11-26(41-4)24(28(38)35-16)13-34-29(39)27-18(3)37(25-12-20(31)7-10-23(25)27)17(2)19-5-8-21(9-6-19)36-14-22(15-36)40-30(32)33;1-12(14-3-6-16(7-4-14)37-10-17(11-37)40-28(35)36)38-13(2)20(18-8-5-15(29)9-19(18)38)27(39)41-26-24(33)22(31)21(30)23(32)25(26)34;1-5-3-7(12-2)6(4-9)8(11)10-5;/h7,10-12,17,19,21-22,30H,5-6,8-9,13-15H2,1-4H3,(H,34,39)(H,35,38);5,8-9,12,14,16-17,28H,3-4,6-7,10-11H2,1-2H3;3H,4,9H2,1-2H3,(H,10,11);1H/t17-,19?,21?;12-,14?,16?;;/m11../s1. The summed E-state index contributed by atoms with van der Waals surface area (Å²) in [6, 6.07) is 12.2. The average molecular weight is 1400 g/mol. The van der Waals surface area contributed by atoms with Crippen molar-refractivity contribution >= 4 is 69.6 Å². The molecule has 0 radical (unpaired) electrons. The summed E-state index contributed by atoms with van der Waals surface area (Å²) in [4.78, 5) is 62.3. The molecule has 11 rings (SSSR count). The summed E-state index contributed by atoms with van der Waals surface area (Å²) in [7, 11) is 0. The number of alkyl halides is 4. The van der Waals surface area contributed by atoms with Crippen molar-refractivity contribution in [2.45, 2.75) is 165 Å². The van der Waals surface area contributed by atoms with E-state index in [4.69, 9.17) is 10.5 Å². The number of ether oxygens (including phenoxy) is 3. The normalized spacial score (nSPS) is 19.3. The first-order valence-corrected chi connectivity index (χ1v) is 33.3. The topological polar surface area (TPSA) is 182 Å². The van der Waals surface area contributed by atoms with Crippen molar-refractivity contribution in [1.82, 2.24) is 34.2 Å². The van der Waals surface area contributed by atoms with Crippen molar-refractivity contribution < 1.29 is 72.1 Å². The molecule has 95 heavy (non-hydrogen) atoms. The van der Waals surface area contributed by atoms with Gasteiger partial charge in [0.2, 0.25) is 34.8 Å². The van der Waals surface area contributed by atoms with Crippen LogP contribution in [-0.2, 0) is 22.6 Å². The Balaban J connectivity index is 0.000000205. The summed E-state index contributed by atoms with van der Waals surface area (Å²) in [6.07, 6.45) is 9.85. The Morgan fingerprint density at radius 3 is 1.39 bits per heavy atom. The third-order valence-electron chi connectivity index (χ3n) is 18.8. The summed E-state index contributed by atoms with van der Waals surface area (Å²) in [6.45, 7) is 7.91. The number of hydrogen-bond donors (Lipinski definition) is 4. The van der Waals surface area contributed by atoms with Gasteiger partial charge in [0.05, 0.1) is 34.4 Å². The molecule has 2 aliphatic carbocycles. The van der Waals surface area contributed by atoms with E-state index in [9.17, 15) is 67.5 Å². The zero-order valence-corrected chi connectivity index (χ0v) is 55.8. The van der Waals surface area contributed by atoms with Gasteiger partial charge in [-0.05, 0) is 166 Å². The molecule has 518 valence electrons. The van der Waals surface area contributed by atoms with Crippen molar-refractivity contribution in [2.75, 3.05) is 38.7 Å². The number of fused-ring (bicyclic) bond motifs is 2. The first-order valence-electron chi connectivity index (χ1n) is 30.9. The Bertz CT molecular complexity index is 4000. The molecule has 6 heterocycles. The van der Waals surface area contributed by atoms with Crippen LogP contribution in [0.2, 0.25) is 0 Å². The van der Waals surface area contributed by atoms with Crippen LogP contribution < -0.4 is 26.9 Å². The molecule has 0 unspecified atom stereocenters. The van der Waals surface area contributed by atoms with E-state index in [1.165, 1.54) is 43.0 Å². The molecule has 2 saturated heterocycles. The molecular weight excluding hydrogens is 1330 g/mol. The predicted octanol–water partition coefficient (Wildman–Crippen LogP) is 14.1. The Labute approximate surface area is 555 Å². The molecule has 2 saturated carbocycles. The highest BCUT2D eigenvalue weighted by Gasteiger charge is 2.41. The van der Waals surface area contributed by atoms with Crippen LogP contribution in [0, 0.1) is 80.3 Å². The second-order valence-electron chi connectivity index (χ2n) is 24.4. The fourth-order valence-electron chi connectivity index (χ4n) is 13.9. The van der Waals surface area contributed by atoms with E-state index in [-0.39, 0.29) is 82.5 Å². The molecule has 4 aromatic heterocycles. The van der Waals surface area contributed by atoms with Gasteiger partial charge in [-0.15, -0.1) is 35.9 Å². The minimum absolute atomic E-state index is 0. The lowest BCUT2D eigenvalue weighted by atomic mass is 9.80. The van der Waals surface area contributed by atoms with Crippen molar-refractivity contribution in [3.8, 4) is 5.75 Å². The number of carbonyl (C=O) groups excluding carboxylic acids is 2. The van der Waals surface area contributed by atoms with Crippen LogP contribution in [0.3, 0.4) is 0 Å². The van der Waals surface area contributed by atoms with Crippen molar-refractivity contribution in [3.63, 3.8) is 0 Å². The number of nitrogens with one attached hydrogen (secondary N) is 3. The Kier molecular flexibility index (Phi) is 24.9. The molecule has 2 atom stereocenters. The van der Waals surface area contributed by atoms with Gasteiger partial charge < -0.3 is 44.4 Å². The number of aryl methyl sites for hydroxylation is 2. The molecule has 4 fully saturated rings. The van der Waals surface area contributed by atoms with Crippen LogP contribution in [0.1, 0.15) is 132 Å². The van der Waals surface area contributed by atoms with Crippen LogP contribution in [0.15, 0.2) is 67.9 Å². The number of pyridine rings is 2. The number of carbonyl (C=O) groups is 2. The highest BCUT2D eigenvalue weighted by atomic mass is 35.5. The van der Waals surface area contributed by atoms with E-state index in [0.29, 0.717) is 77.8 Å². The fraction of sp³-hybridized carbons (Fsp3) is 0.485. The fourth-order valence-corrected chi connectivity index (χ4v) is 15.3. The number of amides is 1. The highest BCUT2D eigenvalue weighted by molar-refractivity contribution is 7.98. The lowest BCUT2D eigenvalue weighted by Crippen LogP contribution is -2.57. The molecule has 4 aliphatic rings. The summed E-state index contributed by atoms with van der Waals surface area (Å²) >= 11 is 3.00. The Morgan fingerprint density at radius 1 is 0.589 bits per heavy atom. The molecule has 7 aromatic rings. The molecule has 2 aliphatic heterocycles. The average Bonchev–Trinajstić information content (AvgIpc) is 1.62. The second-order valence-corrected chi connectivity index (χ2v) is 26.1. The largest absolute Gasteiger partial charge is 0.416 e. The van der Waals surface area contributed by atoms with Gasteiger partial charge in [0.15, 0.2) is 0 Å². The maximum absolute atomic E-state index is 14.5. The minimum atomic E-state index is -2.80. The molecule has 3 aromatic carbocycles. The number of aromatic amines is 2. The van der Waals surface area contributed by atoms with E-state index in [2.05, 4.69) is 46.0 Å². The van der Waals surface area contributed by atoms with Crippen LogP contribution in [0.5, 0.6) is 5.75 Å². The van der Waals surface area contributed by atoms with Gasteiger partial charge in [-0.2, -0.15) is 26.3 Å². The smallest absolute Gasteiger partial charge is 0.346 e. The lowest BCUT2D eigenvalue weighted by molar-refractivity contribution is -0.202. The molecule has 0 bridgehead atoms. The van der Waals surface area contributed by atoms with Crippen LogP contribution >= 0.6 is 35.9 Å². The summed E-state index contributed by atoms with van der Waals surface area (Å²) in [5.74, 6) is -15.5. The number of benzene rings is 3. The van der Waals surface area contributed by atoms with E-state index in [1.54, 1.807) is 22.4 Å². The van der Waals surface area contributed by atoms with Gasteiger partial charge in [-0.3, -0.25) is 24.2 Å². The lowest BCUT2D eigenvalue weighted by Gasteiger charge is -2.46. The Morgan fingerprint density at radius 2 is 0.979 bits per heavy atom. The number of thioether (sulfide) groups is 2. The number of rotatable bonds is 18. The zero-order valence-electron chi connectivity index (χ0n) is 53.4. The monoisotopic (exact) mass is 1400 g/mol. The van der Waals surface area contributed by atoms with Crippen molar-refractivity contribution in [3.05, 3.63) is 155 Å². The second kappa shape index (κ2) is 31.9. The molecule has 5 N–H and O–H groups in total. The first kappa shape index (κ1) is 74.4. The maximum Gasteiger partial charge on any atom is 0.346 e. The van der Waals surface area contributed by atoms with Gasteiger partial charge in [-0.1, -0.05) is 0 Å². The Hall–Kier alpha value is -6.40. The summed E-state index contributed by atoms with van der Waals surface area (Å²) in [5, 5.41) is 3.79. The van der Waals surface area contributed by atoms with Crippen molar-refractivity contribution in [2.24, 2.45) is 17.6 Å². The van der Waals surface area contributed by atoms with Gasteiger partial charge >= 0.3 is 19.2 Å². The van der Waals surface area contributed by atoms with E-state index in [0.717, 1.165) is 84.3 Å². The third kappa shape index (κ3) is 16.3. The number of hydrogen-bond acceptors (Lipinski definition) is 12. The molecule has 1 amide bonds. The summed E-state index contributed by atoms with van der Waals surface area (Å²) in [5.41, 5.74) is 10.3. The number of aromatic nitrogens is 4. The van der Waals surface area contributed by atoms with Gasteiger partial charge in [-0.25, -0.2) is 26.7 Å². The van der Waals surface area contributed by atoms with Crippen LogP contribution in [0.4, 0.5) is 48.3 Å². The van der Waals surface area contributed by atoms with E-state index in [1.807, 2.05) is 52.3 Å². The van der Waals surface area contributed by atoms with Crippen LogP contribution in [0.25, 0.3) is 21.8 Å². The third-order valence-corrected chi connectivity index (χ3v) is 20.4. The van der Waals surface area contributed by atoms with Gasteiger partial charge in [0, 0.05) is 118 Å². The number of halogens is 12. The maximum atomic E-state index is 14.5. The number of H-pyrrole nitrogens is 2. The molecule has 0 spiro atoms. The highest BCUT2D eigenvalue weighted by Crippen LogP contribution is 2.43. The number of likely N-dealkylation sites (tertiary alicyclic amines) is 2. The summed E-state index contributed by atoms with van der Waals surface area (Å²) < 4.78 is 166. The number of nitrogens with zero attached hydrogens (tertiary/aromatic N) is 4.